The number of nitrogens with zero attached hydrogens (tertiary/aromatic N) is 1. The standard InChI is InChI=1S/C14H15ClN2O5/c1-21-11-5-3-8(7-9(11)15)17-13(19)10(16-14(17)20)4-6-12(18)22-2/h3,5,7,10H,4,6H2,1-2H3,(H,16,20)/t10-/m1/s1. The first-order valence-electron chi connectivity index (χ1n) is 6.52. The van der Waals surface area contributed by atoms with Crippen LogP contribution in [0.3, 0.4) is 0 Å². The zero-order valence-corrected chi connectivity index (χ0v) is 12.8. The number of nitrogens with one attached hydrogen (secondary N) is 1. The van der Waals surface area contributed by atoms with Gasteiger partial charge in [0.15, 0.2) is 0 Å². The maximum atomic E-state index is 12.3. The summed E-state index contributed by atoms with van der Waals surface area (Å²) in [4.78, 5) is 36.4. The number of carbonyl (C=O) groups excluding carboxylic acids is 3. The van der Waals surface area contributed by atoms with E-state index in [1.807, 2.05) is 0 Å². The van der Waals surface area contributed by atoms with E-state index in [9.17, 15) is 14.4 Å². The van der Waals surface area contributed by atoms with Crippen LogP contribution in [-0.2, 0) is 14.3 Å². The van der Waals surface area contributed by atoms with Crippen LogP contribution in [0.25, 0.3) is 0 Å². The van der Waals surface area contributed by atoms with Crippen molar-refractivity contribution >= 4 is 35.2 Å². The number of methoxy groups -OCH3 is 2. The minimum absolute atomic E-state index is 0.0460. The average Bonchev–Trinajstić information content (AvgIpc) is 2.79. The number of amides is 3. The van der Waals surface area contributed by atoms with E-state index in [1.165, 1.54) is 20.3 Å². The molecule has 0 aromatic heterocycles. The number of hydrogen-bond donors (Lipinski definition) is 1. The van der Waals surface area contributed by atoms with Crippen LogP contribution in [0.1, 0.15) is 12.8 Å². The molecule has 1 aromatic rings. The lowest BCUT2D eigenvalue weighted by molar-refractivity contribution is -0.140. The Morgan fingerprint density at radius 2 is 2.09 bits per heavy atom. The van der Waals surface area contributed by atoms with Gasteiger partial charge in [-0.2, -0.15) is 0 Å². The SMILES string of the molecule is COC(=O)CC[C@H]1NC(=O)N(c2ccc(OC)c(Cl)c2)C1=O. The summed E-state index contributed by atoms with van der Waals surface area (Å²) in [6.45, 7) is 0. The van der Waals surface area contributed by atoms with Crippen molar-refractivity contribution in [3.05, 3.63) is 23.2 Å². The van der Waals surface area contributed by atoms with Crippen LogP contribution in [0.4, 0.5) is 10.5 Å². The van der Waals surface area contributed by atoms with Gasteiger partial charge in [-0.1, -0.05) is 11.6 Å². The van der Waals surface area contributed by atoms with E-state index in [1.54, 1.807) is 12.1 Å². The summed E-state index contributed by atoms with van der Waals surface area (Å²) in [5, 5.41) is 2.83. The number of hydrogen-bond acceptors (Lipinski definition) is 5. The Kier molecular flexibility index (Phi) is 4.87. The summed E-state index contributed by atoms with van der Waals surface area (Å²) in [6.07, 6.45) is 0.224. The lowest BCUT2D eigenvalue weighted by Gasteiger charge is -2.14. The Hall–Kier alpha value is -2.28. The molecular formula is C14H15ClN2O5. The molecule has 8 heteroatoms. The van der Waals surface area contributed by atoms with Crippen LogP contribution in [0.2, 0.25) is 5.02 Å². The van der Waals surface area contributed by atoms with Gasteiger partial charge in [0.2, 0.25) is 0 Å². The van der Waals surface area contributed by atoms with Crippen LogP contribution in [0.5, 0.6) is 5.75 Å². The Labute approximate surface area is 132 Å². The highest BCUT2D eigenvalue weighted by molar-refractivity contribution is 6.32. The summed E-state index contributed by atoms with van der Waals surface area (Å²) in [7, 11) is 2.74. The molecule has 7 nitrogen and oxygen atoms in total. The maximum absolute atomic E-state index is 12.3. The normalized spacial score (nSPS) is 17.4. The Morgan fingerprint density at radius 3 is 2.68 bits per heavy atom. The zero-order chi connectivity index (χ0) is 16.3. The summed E-state index contributed by atoms with van der Waals surface area (Å²) in [5.41, 5.74) is 0.342. The molecule has 0 unspecified atom stereocenters. The molecule has 22 heavy (non-hydrogen) atoms. The molecule has 118 valence electrons. The predicted octanol–water partition coefficient (Wildman–Crippen LogP) is 1.73. The van der Waals surface area contributed by atoms with Crippen molar-refractivity contribution in [2.24, 2.45) is 0 Å². The van der Waals surface area contributed by atoms with E-state index in [-0.39, 0.29) is 12.8 Å². The molecule has 0 saturated carbocycles. The number of halogens is 1. The van der Waals surface area contributed by atoms with Crippen molar-refractivity contribution in [3.63, 3.8) is 0 Å². The first-order valence-corrected chi connectivity index (χ1v) is 6.90. The fraction of sp³-hybridized carbons (Fsp3) is 0.357. The summed E-state index contributed by atoms with van der Waals surface area (Å²) in [5.74, 6) is -0.428. The van der Waals surface area contributed by atoms with Crippen molar-refractivity contribution in [2.45, 2.75) is 18.9 Å². The topological polar surface area (TPSA) is 84.9 Å². The second-order valence-electron chi connectivity index (χ2n) is 4.61. The van der Waals surface area contributed by atoms with Gasteiger partial charge in [-0.05, 0) is 24.6 Å². The molecule has 0 spiro atoms. The molecule has 1 atom stereocenters. The lowest BCUT2D eigenvalue weighted by atomic mass is 10.1. The van der Waals surface area contributed by atoms with Gasteiger partial charge in [0.25, 0.3) is 5.91 Å². The molecule has 0 aliphatic carbocycles. The van der Waals surface area contributed by atoms with Crippen molar-refractivity contribution in [2.75, 3.05) is 19.1 Å². The molecule has 0 bridgehead atoms. The number of ether oxygens (including phenoxy) is 2. The number of urea groups is 1. The van der Waals surface area contributed by atoms with Crippen LogP contribution >= 0.6 is 11.6 Å². The van der Waals surface area contributed by atoms with Crippen molar-refractivity contribution in [1.82, 2.24) is 5.32 Å². The molecule has 1 heterocycles. The first-order chi connectivity index (χ1) is 10.5. The summed E-state index contributed by atoms with van der Waals surface area (Å²) >= 11 is 6.01. The predicted molar refractivity (Wildman–Crippen MR) is 79.1 cm³/mol. The van der Waals surface area contributed by atoms with Gasteiger partial charge in [0, 0.05) is 6.42 Å². The van der Waals surface area contributed by atoms with Gasteiger partial charge in [-0.3, -0.25) is 9.59 Å². The van der Waals surface area contributed by atoms with E-state index in [0.29, 0.717) is 16.5 Å². The minimum atomic E-state index is -0.757. The quantitative estimate of drug-likeness (QED) is 0.658. The van der Waals surface area contributed by atoms with Gasteiger partial charge in [0.05, 0.1) is 24.9 Å². The Balaban J connectivity index is 2.15. The fourth-order valence-corrected chi connectivity index (χ4v) is 2.38. The largest absolute Gasteiger partial charge is 0.495 e. The van der Waals surface area contributed by atoms with E-state index in [4.69, 9.17) is 16.3 Å². The van der Waals surface area contributed by atoms with Gasteiger partial charge >= 0.3 is 12.0 Å². The highest BCUT2D eigenvalue weighted by atomic mass is 35.5. The number of benzene rings is 1. The van der Waals surface area contributed by atoms with E-state index in [2.05, 4.69) is 10.1 Å². The van der Waals surface area contributed by atoms with Gasteiger partial charge < -0.3 is 14.8 Å². The Morgan fingerprint density at radius 1 is 1.36 bits per heavy atom. The smallest absolute Gasteiger partial charge is 0.329 e. The fourth-order valence-electron chi connectivity index (χ4n) is 2.13. The minimum Gasteiger partial charge on any atom is -0.495 e. The van der Waals surface area contributed by atoms with Crippen molar-refractivity contribution < 1.29 is 23.9 Å². The van der Waals surface area contributed by atoms with E-state index < -0.39 is 23.9 Å². The molecule has 2 rings (SSSR count). The molecule has 1 N–H and O–H groups in total. The summed E-state index contributed by atoms with van der Waals surface area (Å²) in [6, 6.07) is 3.29. The van der Waals surface area contributed by atoms with Crippen LogP contribution < -0.4 is 15.0 Å². The first kappa shape index (κ1) is 16.1. The molecule has 1 saturated heterocycles. The zero-order valence-electron chi connectivity index (χ0n) is 12.1. The van der Waals surface area contributed by atoms with Crippen LogP contribution in [0.15, 0.2) is 18.2 Å². The third-order valence-corrected chi connectivity index (χ3v) is 3.57. The monoisotopic (exact) mass is 326 g/mol. The molecule has 1 aliphatic rings. The summed E-state index contributed by atoms with van der Waals surface area (Å²) < 4.78 is 9.54. The number of rotatable bonds is 5. The number of imide groups is 1. The average molecular weight is 327 g/mol. The molecule has 0 radical (unpaired) electrons. The second-order valence-corrected chi connectivity index (χ2v) is 5.02. The number of carbonyl (C=O) groups is 3. The van der Waals surface area contributed by atoms with Crippen LogP contribution in [-0.4, -0.2) is 38.2 Å². The Bertz CT molecular complexity index is 619. The highest BCUT2D eigenvalue weighted by Gasteiger charge is 2.39. The van der Waals surface area contributed by atoms with Gasteiger partial charge in [0.1, 0.15) is 11.8 Å². The molecular weight excluding hydrogens is 312 g/mol. The van der Waals surface area contributed by atoms with E-state index >= 15 is 0 Å². The van der Waals surface area contributed by atoms with Crippen molar-refractivity contribution in [1.29, 1.82) is 0 Å². The van der Waals surface area contributed by atoms with Crippen molar-refractivity contribution in [3.8, 4) is 5.75 Å². The van der Waals surface area contributed by atoms with Gasteiger partial charge in [-0.25, -0.2) is 9.69 Å². The number of anilines is 1. The van der Waals surface area contributed by atoms with Crippen LogP contribution in [0, 0.1) is 0 Å². The molecule has 3 amide bonds. The molecule has 1 fully saturated rings. The van der Waals surface area contributed by atoms with Gasteiger partial charge in [-0.15, -0.1) is 0 Å². The highest BCUT2D eigenvalue weighted by Crippen LogP contribution is 2.30. The maximum Gasteiger partial charge on any atom is 0.329 e. The molecule has 1 aromatic carbocycles. The third-order valence-electron chi connectivity index (χ3n) is 3.28. The second kappa shape index (κ2) is 6.65. The third kappa shape index (κ3) is 3.14. The lowest BCUT2D eigenvalue weighted by Crippen LogP contribution is -2.31. The number of esters is 1. The molecule has 1 aliphatic heterocycles. The van der Waals surface area contributed by atoms with E-state index in [0.717, 1.165) is 4.90 Å².